The highest BCUT2D eigenvalue weighted by molar-refractivity contribution is 8.26. The number of nitrogens with one attached hydrogen (secondary N) is 1. The van der Waals surface area contributed by atoms with Crippen molar-refractivity contribution in [3.8, 4) is 11.5 Å². The van der Waals surface area contributed by atoms with Gasteiger partial charge in [-0.1, -0.05) is 53.8 Å². The first-order valence-electron chi connectivity index (χ1n) is 6.90. The molecule has 0 saturated carbocycles. The lowest BCUT2D eigenvalue weighted by atomic mass is 10.1. The van der Waals surface area contributed by atoms with Crippen molar-refractivity contribution in [1.29, 1.82) is 0 Å². The fraction of sp³-hybridized carbons (Fsp3) is 0. The standard InChI is InChI=1S/C16H9ClN2O4S2/c17-10-3-1-2-4-12(10)23-13-6-5-9(7-11(13)19(21)22)8-14-15(20)18-16(24)25-14/h1-8H,(H,18,20,24)/b14-8-. The largest absolute Gasteiger partial charge is 0.449 e. The van der Waals surface area contributed by atoms with Gasteiger partial charge >= 0.3 is 5.69 Å². The van der Waals surface area contributed by atoms with Crippen molar-refractivity contribution in [3.63, 3.8) is 0 Å². The number of nitrogens with zero attached hydrogens (tertiary/aromatic N) is 1. The van der Waals surface area contributed by atoms with Crippen LogP contribution in [0.25, 0.3) is 6.08 Å². The van der Waals surface area contributed by atoms with Gasteiger partial charge in [0, 0.05) is 6.07 Å². The van der Waals surface area contributed by atoms with Crippen molar-refractivity contribution in [1.82, 2.24) is 5.32 Å². The molecule has 0 aliphatic carbocycles. The van der Waals surface area contributed by atoms with Gasteiger partial charge in [-0.15, -0.1) is 0 Å². The molecular weight excluding hydrogens is 384 g/mol. The molecule has 0 atom stereocenters. The Bertz CT molecular complexity index is 930. The third-order valence-corrected chi connectivity index (χ3v) is 4.65. The van der Waals surface area contributed by atoms with Crippen LogP contribution in [0.2, 0.25) is 5.02 Å². The Labute approximate surface area is 157 Å². The van der Waals surface area contributed by atoms with Crippen molar-refractivity contribution in [3.05, 3.63) is 68.1 Å². The monoisotopic (exact) mass is 392 g/mol. The van der Waals surface area contributed by atoms with E-state index in [1.165, 1.54) is 18.2 Å². The average molecular weight is 393 g/mol. The predicted octanol–water partition coefficient (Wildman–Crippen LogP) is 4.53. The molecule has 1 amide bonds. The lowest BCUT2D eigenvalue weighted by Crippen LogP contribution is -2.17. The van der Waals surface area contributed by atoms with Crippen LogP contribution < -0.4 is 10.1 Å². The normalized spacial score (nSPS) is 15.3. The summed E-state index contributed by atoms with van der Waals surface area (Å²) in [5.41, 5.74) is 0.251. The second kappa shape index (κ2) is 7.22. The molecule has 1 aliphatic heterocycles. The van der Waals surface area contributed by atoms with E-state index >= 15 is 0 Å². The first kappa shape index (κ1) is 17.4. The summed E-state index contributed by atoms with van der Waals surface area (Å²) in [4.78, 5) is 22.9. The van der Waals surface area contributed by atoms with Crippen molar-refractivity contribution < 1.29 is 14.5 Å². The maximum atomic E-state index is 11.7. The number of carbonyl (C=O) groups excluding carboxylic acids is 1. The fourth-order valence-electron chi connectivity index (χ4n) is 2.07. The van der Waals surface area contributed by atoms with Crippen LogP contribution in [0, 0.1) is 10.1 Å². The summed E-state index contributed by atoms with van der Waals surface area (Å²) in [5, 5.41) is 14.2. The number of halogens is 1. The van der Waals surface area contributed by atoms with E-state index in [-0.39, 0.29) is 17.3 Å². The van der Waals surface area contributed by atoms with Gasteiger partial charge in [-0.3, -0.25) is 14.9 Å². The summed E-state index contributed by atoms with van der Waals surface area (Å²) in [6.07, 6.45) is 1.53. The number of rotatable bonds is 4. The minimum absolute atomic E-state index is 0.0549. The van der Waals surface area contributed by atoms with Gasteiger partial charge in [0.15, 0.2) is 0 Å². The van der Waals surface area contributed by atoms with Crippen molar-refractivity contribution in [2.24, 2.45) is 0 Å². The SMILES string of the molecule is O=C1NC(=S)S/C1=C\c1ccc(Oc2ccccc2Cl)c([N+](=O)[O-])c1. The van der Waals surface area contributed by atoms with Crippen LogP contribution in [0.5, 0.6) is 11.5 Å². The number of nitro benzene ring substituents is 1. The maximum absolute atomic E-state index is 11.7. The number of nitro groups is 1. The Kier molecular flexibility index (Phi) is 5.03. The number of carbonyl (C=O) groups is 1. The molecule has 25 heavy (non-hydrogen) atoms. The Balaban J connectivity index is 1.95. The van der Waals surface area contributed by atoms with E-state index in [9.17, 15) is 14.9 Å². The molecule has 1 aliphatic rings. The first-order valence-corrected chi connectivity index (χ1v) is 8.50. The zero-order valence-electron chi connectivity index (χ0n) is 12.4. The van der Waals surface area contributed by atoms with Gasteiger partial charge in [-0.25, -0.2) is 0 Å². The zero-order valence-corrected chi connectivity index (χ0v) is 14.8. The maximum Gasteiger partial charge on any atom is 0.312 e. The Morgan fingerprint density at radius 3 is 2.64 bits per heavy atom. The number of para-hydroxylation sites is 1. The molecule has 2 aromatic carbocycles. The summed E-state index contributed by atoms with van der Waals surface area (Å²) < 4.78 is 5.92. The van der Waals surface area contributed by atoms with Crippen LogP contribution in [0.15, 0.2) is 47.4 Å². The van der Waals surface area contributed by atoms with Gasteiger partial charge in [-0.05, 0) is 29.8 Å². The van der Waals surface area contributed by atoms with E-state index in [0.29, 0.717) is 25.6 Å². The smallest absolute Gasteiger partial charge is 0.312 e. The summed E-state index contributed by atoms with van der Waals surface area (Å²) in [5.74, 6) is 0.0443. The van der Waals surface area contributed by atoms with E-state index in [0.717, 1.165) is 11.8 Å². The van der Waals surface area contributed by atoms with Gasteiger partial charge < -0.3 is 10.1 Å². The van der Waals surface area contributed by atoms with Crippen LogP contribution in [-0.2, 0) is 4.79 Å². The molecule has 1 fully saturated rings. The van der Waals surface area contributed by atoms with Gasteiger partial charge in [0.05, 0.1) is 14.9 Å². The number of thioether (sulfide) groups is 1. The van der Waals surface area contributed by atoms with E-state index < -0.39 is 4.92 Å². The summed E-state index contributed by atoms with van der Waals surface area (Å²) in [6.45, 7) is 0. The predicted molar refractivity (Wildman–Crippen MR) is 101 cm³/mol. The van der Waals surface area contributed by atoms with Gasteiger partial charge in [0.1, 0.15) is 10.1 Å². The number of hydrogen-bond donors (Lipinski definition) is 1. The van der Waals surface area contributed by atoms with Crippen LogP contribution in [0.3, 0.4) is 0 Å². The van der Waals surface area contributed by atoms with Gasteiger partial charge in [-0.2, -0.15) is 0 Å². The highest BCUT2D eigenvalue weighted by Crippen LogP contribution is 2.36. The van der Waals surface area contributed by atoms with E-state index in [1.807, 2.05) is 0 Å². The molecule has 1 heterocycles. The molecule has 126 valence electrons. The quantitative estimate of drug-likeness (QED) is 0.356. The van der Waals surface area contributed by atoms with E-state index in [2.05, 4.69) is 5.32 Å². The van der Waals surface area contributed by atoms with Crippen LogP contribution in [0.1, 0.15) is 5.56 Å². The summed E-state index contributed by atoms with van der Waals surface area (Å²) >= 11 is 12.0. The molecular formula is C16H9ClN2O4S2. The summed E-state index contributed by atoms with van der Waals surface area (Å²) in [6, 6.07) is 11.1. The third kappa shape index (κ3) is 3.98. The van der Waals surface area contributed by atoms with E-state index in [1.54, 1.807) is 30.3 Å². The molecule has 0 bridgehead atoms. The van der Waals surface area contributed by atoms with Gasteiger partial charge in [0.25, 0.3) is 5.91 Å². The number of hydrogen-bond acceptors (Lipinski definition) is 6. The summed E-state index contributed by atoms with van der Waals surface area (Å²) in [7, 11) is 0. The Morgan fingerprint density at radius 1 is 1.24 bits per heavy atom. The second-order valence-electron chi connectivity index (χ2n) is 4.87. The molecule has 1 saturated heterocycles. The average Bonchev–Trinajstić information content (AvgIpc) is 2.88. The molecule has 0 radical (unpaired) electrons. The molecule has 0 aromatic heterocycles. The second-order valence-corrected chi connectivity index (χ2v) is 7.00. The van der Waals surface area contributed by atoms with Crippen LogP contribution in [-0.4, -0.2) is 15.2 Å². The van der Waals surface area contributed by atoms with Crippen molar-refractivity contribution in [2.75, 3.05) is 0 Å². The fourth-order valence-corrected chi connectivity index (χ4v) is 3.29. The molecule has 9 heteroatoms. The topological polar surface area (TPSA) is 81.5 Å². The molecule has 2 aromatic rings. The van der Waals surface area contributed by atoms with Gasteiger partial charge in [0.2, 0.25) is 5.75 Å². The molecule has 0 spiro atoms. The first-order chi connectivity index (χ1) is 11.9. The zero-order chi connectivity index (χ0) is 18.0. The Morgan fingerprint density at radius 2 is 2.00 bits per heavy atom. The van der Waals surface area contributed by atoms with Crippen LogP contribution >= 0.6 is 35.6 Å². The van der Waals surface area contributed by atoms with Crippen molar-refractivity contribution in [2.45, 2.75) is 0 Å². The molecule has 1 N–H and O–H groups in total. The number of amides is 1. The highest BCUT2D eigenvalue weighted by Gasteiger charge is 2.23. The van der Waals surface area contributed by atoms with Crippen molar-refractivity contribution >= 4 is 57.6 Å². The highest BCUT2D eigenvalue weighted by atomic mass is 35.5. The van der Waals surface area contributed by atoms with E-state index in [4.69, 9.17) is 28.6 Å². The lowest BCUT2D eigenvalue weighted by molar-refractivity contribution is -0.385. The molecule has 0 unspecified atom stereocenters. The minimum Gasteiger partial charge on any atom is -0.449 e. The number of ether oxygens (including phenoxy) is 1. The number of thiocarbonyl (C=S) groups is 1. The minimum atomic E-state index is -0.555. The Hall–Kier alpha value is -2.42. The molecule has 6 nitrogen and oxygen atoms in total. The van der Waals surface area contributed by atoms with Crippen LogP contribution in [0.4, 0.5) is 5.69 Å². The lowest BCUT2D eigenvalue weighted by Gasteiger charge is -2.08. The molecule has 3 rings (SSSR count). The third-order valence-electron chi connectivity index (χ3n) is 3.18. The number of benzene rings is 2.